The molecule has 4 nitrogen and oxygen atoms in total. The molecule has 1 aliphatic rings. The topological polar surface area (TPSA) is 51.2 Å². The van der Waals surface area contributed by atoms with E-state index in [-0.39, 0.29) is 4.75 Å². The molecule has 1 fully saturated rings. The van der Waals surface area contributed by atoms with Crippen LogP contribution in [0.2, 0.25) is 0 Å². The first kappa shape index (κ1) is 15.1. The minimum Gasteiger partial charge on any atom is -0.379 e. The predicted octanol–water partition coefficient (Wildman–Crippen LogP) is 2.51. The smallest absolute Gasteiger partial charge is 0.106 e. The van der Waals surface area contributed by atoms with Crippen molar-refractivity contribution in [2.45, 2.75) is 37.5 Å². The number of nitrogens with one attached hydrogen (secondary N) is 1. The van der Waals surface area contributed by atoms with Crippen molar-refractivity contribution in [3.63, 3.8) is 0 Å². The Hall–Kier alpha value is -0.300. The zero-order valence-electron chi connectivity index (χ0n) is 11.4. The number of halogens is 1. The normalized spacial score (nSPS) is 25.5. The molecule has 1 unspecified atom stereocenters. The fourth-order valence-electron chi connectivity index (χ4n) is 1.91. The summed E-state index contributed by atoms with van der Waals surface area (Å²) in [5, 5.41) is 0. The Morgan fingerprint density at radius 3 is 2.74 bits per heavy atom. The molecule has 2 heterocycles. The van der Waals surface area contributed by atoms with Crippen LogP contribution in [0.5, 0.6) is 0 Å². The lowest BCUT2D eigenvalue weighted by Crippen LogP contribution is -2.49. The van der Waals surface area contributed by atoms with Crippen LogP contribution in [0.4, 0.5) is 0 Å². The van der Waals surface area contributed by atoms with Gasteiger partial charge in [-0.15, -0.1) is 0 Å². The minimum atomic E-state index is -1.16. The average molecular weight is 347 g/mol. The molecule has 0 radical (unpaired) electrons. The van der Waals surface area contributed by atoms with E-state index in [2.05, 4.69) is 25.6 Å². The lowest BCUT2D eigenvalue weighted by atomic mass is 9.95. The van der Waals surface area contributed by atoms with Crippen molar-refractivity contribution in [1.29, 1.82) is 0 Å². The molecule has 0 aromatic carbocycles. The number of aromatic nitrogens is 1. The van der Waals surface area contributed by atoms with E-state index in [4.69, 9.17) is 4.74 Å². The van der Waals surface area contributed by atoms with Crippen molar-refractivity contribution in [1.82, 2.24) is 9.71 Å². The van der Waals surface area contributed by atoms with E-state index in [0.717, 1.165) is 16.7 Å². The molecule has 1 saturated heterocycles. The maximum Gasteiger partial charge on any atom is 0.106 e. The second-order valence-corrected chi connectivity index (χ2v) is 8.49. The van der Waals surface area contributed by atoms with E-state index in [1.165, 1.54) is 0 Å². The summed E-state index contributed by atoms with van der Waals surface area (Å²) in [6.45, 7) is 7.01. The SMILES string of the molecule is CC(C)(C)S(=O)N[C@@]1(c2cccc(Br)n2)CCOC1. The summed E-state index contributed by atoms with van der Waals surface area (Å²) in [4.78, 5) is 4.50. The molecule has 2 rings (SSSR count). The number of ether oxygens (including phenoxy) is 1. The molecular formula is C13H19BrN2O2S. The molecule has 19 heavy (non-hydrogen) atoms. The van der Waals surface area contributed by atoms with Crippen molar-refractivity contribution in [3.05, 3.63) is 28.5 Å². The van der Waals surface area contributed by atoms with Gasteiger partial charge >= 0.3 is 0 Å². The van der Waals surface area contributed by atoms with E-state index in [0.29, 0.717) is 13.2 Å². The highest BCUT2D eigenvalue weighted by molar-refractivity contribution is 9.10. The van der Waals surface area contributed by atoms with Gasteiger partial charge in [0.25, 0.3) is 0 Å². The van der Waals surface area contributed by atoms with Crippen LogP contribution >= 0.6 is 15.9 Å². The first-order chi connectivity index (χ1) is 8.83. The molecule has 106 valence electrons. The molecule has 1 N–H and O–H groups in total. The third-order valence-corrected chi connectivity index (χ3v) is 5.20. The molecule has 6 heteroatoms. The summed E-state index contributed by atoms with van der Waals surface area (Å²) in [5.41, 5.74) is 0.416. The summed E-state index contributed by atoms with van der Waals surface area (Å²) in [5.74, 6) is 0. The van der Waals surface area contributed by atoms with Gasteiger partial charge in [0.05, 0.1) is 33.6 Å². The van der Waals surface area contributed by atoms with Crippen molar-refractivity contribution in [2.75, 3.05) is 13.2 Å². The lowest BCUT2D eigenvalue weighted by Gasteiger charge is -2.31. The van der Waals surface area contributed by atoms with E-state index < -0.39 is 16.5 Å². The second kappa shape index (κ2) is 5.60. The summed E-state index contributed by atoms with van der Waals surface area (Å²) >= 11 is 3.38. The maximum atomic E-state index is 12.4. The summed E-state index contributed by atoms with van der Waals surface area (Å²) in [6, 6.07) is 5.77. The van der Waals surface area contributed by atoms with Crippen LogP contribution in [-0.2, 0) is 21.3 Å². The fraction of sp³-hybridized carbons (Fsp3) is 0.615. The highest BCUT2D eigenvalue weighted by Gasteiger charge is 2.41. The summed E-state index contributed by atoms with van der Waals surface area (Å²) < 4.78 is 21.6. The van der Waals surface area contributed by atoms with Gasteiger partial charge in [-0.3, -0.25) is 0 Å². The molecule has 1 aliphatic heterocycles. The van der Waals surface area contributed by atoms with E-state index >= 15 is 0 Å². The van der Waals surface area contributed by atoms with Gasteiger partial charge in [-0.05, 0) is 55.3 Å². The van der Waals surface area contributed by atoms with Crippen LogP contribution in [0.25, 0.3) is 0 Å². The van der Waals surface area contributed by atoms with Crippen LogP contribution < -0.4 is 4.72 Å². The molecule has 1 aromatic rings. The van der Waals surface area contributed by atoms with Gasteiger partial charge < -0.3 is 4.74 Å². The number of hydrogen-bond acceptors (Lipinski definition) is 3. The number of rotatable bonds is 3. The standard InChI is InChI=1S/C13H19BrN2O2S/c1-12(2,3)19(17)16-13(7-8-18-9-13)10-5-4-6-11(14)15-10/h4-6,16H,7-9H2,1-3H3/t13-,19?/m0/s1. The molecular weight excluding hydrogens is 328 g/mol. The number of nitrogens with zero attached hydrogens (tertiary/aromatic N) is 1. The molecule has 0 saturated carbocycles. The highest BCUT2D eigenvalue weighted by Crippen LogP contribution is 2.31. The third kappa shape index (κ3) is 3.42. The van der Waals surface area contributed by atoms with Crippen molar-refractivity contribution >= 4 is 26.9 Å². The van der Waals surface area contributed by atoms with E-state index in [1.807, 2.05) is 39.0 Å². The largest absolute Gasteiger partial charge is 0.379 e. The van der Waals surface area contributed by atoms with Crippen LogP contribution in [0.1, 0.15) is 32.9 Å². The van der Waals surface area contributed by atoms with Gasteiger partial charge in [0.15, 0.2) is 0 Å². The predicted molar refractivity (Wildman–Crippen MR) is 80.1 cm³/mol. The Kier molecular flexibility index (Phi) is 4.45. The number of pyridine rings is 1. The van der Waals surface area contributed by atoms with Gasteiger partial charge in [0, 0.05) is 6.61 Å². The van der Waals surface area contributed by atoms with Crippen LogP contribution in [0.15, 0.2) is 22.8 Å². The van der Waals surface area contributed by atoms with Crippen molar-refractivity contribution in [3.8, 4) is 0 Å². The minimum absolute atomic E-state index is 0.318. The Balaban J connectivity index is 2.31. The zero-order chi connectivity index (χ0) is 14.1. The van der Waals surface area contributed by atoms with E-state index in [9.17, 15) is 4.21 Å². The Morgan fingerprint density at radius 2 is 2.21 bits per heavy atom. The Bertz CT molecular complexity index is 482. The third-order valence-electron chi connectivity index (χ3n) is 3.07. The first-order valence-corrected chi connectivity index (χ1v) is 8.18. The molecule has 0 spiro atoms. The zero-order valence-corrected chi connectivity index (χ0v) is 13.8. The van der Waals surface area contributed by atoms with Gasteiger partial charge in [-0.25, -0.2) is 13.9 Å². The Morgan fingerprint density at radius 1 is 1.47 bits per heavy atom. The van der Waals surface area contributed by atoms with Crippen LogP contribution in [0.3, 0.4) is 0 Å². The van der Waals surface area contributed by atoms with Crippen molar-refractivity contribution < 1.29 is 8.95 Å². The molecule has 1 aromatic heterocycles. The van der Waals surface area contributed by atoms with Crippen LogP contribution in [0, 0.1) is 0 Å². The van der Waals surface area contributed by atoms with Crippen LogP contribution in [-0.4, -0.2) is 27.2 Å². The average Bonchev–Trinajstić information content (AvgIpc) is 2.77. The quantitative estimate of drug-likeness (QED) is 0.855. The summed E-state index contributed by atoms with van der Waals surface area (Å²) in [7, 11) is -1.16. The summed E-state index contributed by atoms with van der Waals surface area (Å²) in [6.07, 6.45) is 0.776. The molecule has 0 bridgehead atoms. The fourth-order valence-corrected chi connectivity index (χ4v) is 3.18. The second-order valence-electron chi connectivity index (χ2n) is 5.71. The number of hydrogen-bond donors (Lipinski definition) is 1. The van der Waals surface area contributed by atoms with Crippen molar-refractivity contribution in [2.24, 2.45) is 0 Å². The van der Waals surface area contributed by atoms with E-state index in [1.54, 1.807) is 0 Å². The maximum absolute atomic E-state index is 12.4. The molecule has 0 amide bonds. The molecule has 0 aliphatic carbocycles. The molecule has 2 atom stereocenters. The van der Waals surface area contributed by atoms with Gasteiger partial charge in [0.1, 0.15) is 4.60 Å². The van der Waals surface area contributed by atoms with Gasteiger partial charge in [-0.2, -0.15) is 0 Å². The monoisotopic (exact) mass is 346 g/mol. The lowest BCUT2D eigenvalue weighted by molar-refractivity contribution is 0.173. The van der Waals surface area contributed by atoms with Gasteiger partial charge in [-0.1, -0.05) is 6.07 Å². The first-order valence-electron chi connectivity index (χ1n) is 6.24. The Labute approximate surface area is 125 Å². The highest BCUT2D eigenvalue weighted by atomic mass is 79.9. The van der Waals surface area contributed by atoms with Gasteiger partial charge in [0.2, 0.25) is 0 Å².